The van der Waals surface area contributed by atoms with E-state index in [0.29, 0.717) is 6.04 Å². The van der Waals surface area contributed by atoms with Crippen LogP contribution in [0, 0.1) is 11.8 Å². The van der Waals surface area contributed by atoms with Crippen molar-refractivity contribution in [3.05, 3.63) is 0 Å². The zero-order valence-corrected chi connectivity index (χ0v) is 7.07. The van der Waals surface area contributed by atoms with Crippen molar-refractivity contribution in [2.45, 2.75) is 25.3 Å². The minimum atomic E-state index is 0.573. The molecule has 2 fully saturated rings. The minimum absolute atomic E-state index is 0.573. The van der Waals surface area contributed by atoms with E-state index in [1.54, 1.807) is 0 Å². The molecule has 3 atom stereocenters. The van der Waals surface area contributed by atoms with Gasteiger partial charge in [-0.1, -0.05) is 0 Å². The molecule has 0 spiro atoms. The first-order chi connectivity index (χ1) is 4.88. The summed E-state index contributed by atoms with van der Waals surface area (Å²) < 4.78 is 0. The lowest BCUT2D eigenvalue weighted by Gasteiger charge is -2.20. The Morgan fingerprint density at radius 2 is 2.20 bits per heavy atom. The van der Waals surface area contributed by atoms with Crippen LogP contribution >= 0.6 is 11.8 Å². The third-order valence-corrected chi connectivity index (χ3v) is 3.93. The van der Waals surface area contributed by atoms with Crippen molar-refractivity contribution < 1.29 is 0 Å². The molecule has 2 heteroatoms. The topological polar surface area (TPSA) is 26.0 Å². The summed E-state index contributed by atoms with van der Waals surface area (Å²) in [4.78, 5) is 0. The van der Waals surface area contributed by atoms with Crippen LogP contribution in [0.5, 0.6) is 0 Å². The van der Waals surface area contributed by atoms with Gasteiger partial charge in [-0.2, -0.15) is 11.8 Å². The molecule has 0 amide bonds. The third kappa shape index (κ3) is 1.32. The molecule has 1 aliphatic carbocycles. The maximum absolute atomic E-state index is 5.79. The molecule has 0 bridgehead atoms. The fourth-order valence-electron chi connectivity index (χ4n) is 1.88. The highest BCUT2D eigenvalue weighted by atomic mass is 32.2. The van der Waals surface area contributed by atoms with E-state index in [-0.39, 0.29) is 0 Å². The van der Waals surface area contributed by atoms with Crippen molar-refractivity contribution in [3.63, 3.8) is 0 Å². The van der Waals surface area contributed by atoms with E-state index in [0.717, 1.165) is 11.8 Å². The van der Waals surface area contributed by atoms with Crippen molar-refractivity contribution in [1.29, 1.82) is 0 Å². The fourth-order valence-corrected chi connectivity index (χ4v) is 3.14. The average Bonchev–Trinajstić information content (AvgIpc) is 2.69. The summed E-state index contributed by atoms with van der Waals surface area (Å²) in [6.07, 6.45) is 4.19. The quantitative estimate of drug-likeness (QED) is 0.624. The van der Waals surface area contributed by atoms with Gasteiger partial charge in [0.1, 0.15) is 0 Å². The van der Waals surface area contributed by atoms with E-state index in [9.17, 15) is 0 Å². The van der Waals surface area contributed by atoms with Crippen LogP contribution in [0.3, 0.4) is 0 Å². The second kappa shape index (κ2) is 2.74. The summed E-state index contributed by atoms with van der Waals surface area (Å²) in [5, 5.41) is 0. The van der Waals surface area contributed by atoms with Gasteiger partial charge in [0.15, 0.2) is 0 Å². The van der Waals surface area contributed by atoms with Crippen molar-refractivity contribution in [1.82, 2.24) is 0 Å². The molecular weight excluding hydrogens is 142 g/mol. The SMILES string of the molecule is N[C@H]1C[C@@H]1C1CCCSC1. The van der Waals surface area contributed by atoms with Crippen LogP contribution in [0.25, 0.3) is 0 Å². The van der Waals surface area contributed by atoms with E-state index >= 15 is 0 Å². The molecule has 0 radical (unpaired) electrons. The maximum atomic E-state index is 5.79. The van der Waals surface area contributed by atoms with Crippen LogP contribution in [0.1, 0.15) is 19.3 Å². The molecule has 2 aliphatic rings. The van der Waals surface area contributed by atoms with Crippen LogP contribution in [0.15, 0.2) is 0 Å². The number of nitrogens with two attached hydrogens (primary N) is 1. The van der Waals surface area contributed by atoms with Gasteiger partial charge in [-0.25, -0.2) is 0 Å². The summed E-state index contributed by atoms with van der Waals surface area (Å²) in [6, 6.07) is 0.573. The second-order valence-electron chi connectivity index (χ2n) is 3.54. The first kappa shape index (κ1) is 6.99. The highest BCUT2D eigenvalue weighted by Gasteiger charge is 2.40. The zero-order chi connectivity index (χ0) is 6.97. The van der Waals surface area contributed by atoms with Crippen molar-refractivity contribution in [2.24, 2.45) is 17.6 Å². The van der Waals surface area contributed by atoms with Gasteiger partial charge in [0.05, 0.1) is 0 Å². The lowest BCUT2D eigenvalue weighted by molar-refractivity contribution is 0.455. The van der Waals surface area contributed by atoms with Gasteiger partial charge in [-0.3, -0.25) is 0 Å². The van der Waals surface area contributed by atoms with E-state index in [2.05, 4.69) is 11.8 Å². The molecule has 10 heavy (non-hydrogen) atoms. The summed E-state index contributed by atoms with van der Waals surface area (Å²) in [5.74, 6) is 4.66. The number of hydrogen-bond acceptors (Lipinski definition) is 2. The maximum Gasteiger partial charge on any atom is 0.00740 e. The lowest BCUT2D eigenvalue weighted by atomic mass is 10.00. The van der Waals surface area contributed by atoms with E-state index in [1.807, 2.05) is 0 Å². The van der Waals surface area contributed by atoms with Gasteiger partial charge in [0.2, 0.25) is 0 Å². The molecule has 58 valence electrons. The molecule has 0 aromatic carbocycles. The van der Waals surface area contributed by atoms with Crippen LogP contribution < -0.4 is 5.73 Å². The van der Waals surface area contributed by atoms with Crippen molar-refractivity contribution >= 4 is 11.8 Å². The van der Waals surface area contributed by atoms with Crippen molar-refractivity contribution in [2.75, 3.05) is 11.5 Å². The Morgan fingerprint density at radius 3 is 2.70 bits per heavy atom. The molecule has 0 aromatic rings. The molecule has 2 rings (SSSR count). The first-order valence-corrected chi connectivity index (χ1v) is 5.37. The zero-order valence-electron chi connectivity index (χ0n) is 6.25. The third-order valence-electron chi connectivity index (χ3n) is 2.69. The number of rotatable bonds is 1. The molecule has 1 saturated carbocycles. The van der Waals surface area contributed by atoms with Gasteiger partial charge >= 0.3 is 0 Å². The normalized spacial score (nSPS) is 47.1. The largest absolute Gasteiger partial charge is 0.327 e. The summed E-state index contributed by atoms with van der Waals surface area (Å²) in [6.45, 7) is 0. The minimum Gasteiger partial charge on any atom is -0.327 e. The number of thioether (sulfide) groups is 1. The van der Waals surface area contributed by atoms with Crippen LogP contribution in [0.2, 0.25) is 0 Å². The monoisotopic (exact) mass is 157 g/mol. The molecule has 2 N–H and O–H groups in total. The highest BCUT2D eigenvalue weighted by molar-refractivity contribution is 7.99. The predicted molar refractivity (Wildman–Crippen MR) is 46.1 cm³/mol. The fraction of sp³-hybridized carbons (Fsp3) is 1.00. The average molecular weight is 157 g/mol. The van der Waals surface area contributed by atoms with Gasteiger partial charge in [0, 0.05) is 6.04 Å². The summed E-state index contributed by atoms with van der Waals surface area (Å²) in [7, 11) is 0. The van der Waals surface area contributed by atoms with Gasteiger partial charge in [0.25, 0.3) is 0 Å². The molecule has 0 aromatic heterocycles. The number of hydrogen-bond donors (Lipinski definition) is 1. The summed E-state index contributed by atoms with van der Waals surface area (Å²) in [5.41, 5.74) is 5.79. The van der Waals surface area contributed by atoms with Crippen LogP contribution in [0.4, 0.5) is 0 Å². The Morgan fingerprint density at radius 1 is 1.40 bits per heavy atom. The Labute approximate surface area is 66.7 Å². The molecule has 1 saturated heterocycles. The van der Waals surface area contributed by atoms with E-state index < -0.39 is 0 Å². The van der Waals surface area contributed by atoms with Crippen LogP contribution in [-0.2, 0) is 0 Å². The van der Waals surface area contributed by atoms with Gasteiger partial charge in [-0.15, -0.1) is 0 Å². The first-order valence-electron chi connectivity index (χ1n) is 4.21. The lowest BCUT2D eigenvalue weighted by Crippen LogP contribution is -2.16. The van der Waals surface area contributed by atoms with Gasteiger partial charge in [-0.05, 0) is 42.6 Å². The Balaban J connectivity index is 1.81. The van der Waals surface area contributed by atoms with Crippen molar-refractivity contribution in [3.8, 4) is 0 Å². The smallest absolute Gasteiger partial charge is 0.00740 e. The summed E-state index contributed by atoms with van der Waals surface area (Å²) >= 11 is 2.12. The van der Waals surface area contributed by atoms with E-state index in [1.165, 1.54) is 30.8 Å². The molecule has 1 heterocycles. The predicted octanol–water partition coefficient (Wildman–Crippen LogP) is 1.48. The van der Waals surface area contributed by atoms with Crippen LogP contribution in [-0.4, -0.2) is 17.5 Å². The Hall–Kier alpha value is 0.310. The molecule has 1 nitrogen and oxygen atoms in total. The standard InChI is InChI=1S/C8H15NS/c9-8-4-7(8)6-2-1-3-10-5-6/h6-8H,1-5,9H2/t6?,7-,8+/m1/s1. The van der Waals surface area contributed by atoms with E-state index in [4.69, 9.17) is 5.73 Å². The Kier molecular flexibility index (Phi) is 1.92. The van der Waals surface area contributed by atoms with Gasteiger partial charge < -0.3 is 5.73 Å². The molecule has 1 aliphatic heterocycles. The second-order valence-corrected chi connectivity index (χ2v) is 4.69. The highest BCUT2D eigenvalue weighted by Crippen LogP contribution is 2.41. The molecule has 1 unspecified atom stereocenters. The molecular formula is C8H15NS. The Bertz CT molecular complexity index is 120.